The number of fused-ring (bicyclic) bond motifs is 3. The number of ether oxygens (including phenoxy) is 2. The van der Waals surface area contributed by atoms with Crippen LogP contribution in [-0.4, -0.2) is 29.0 Å². The molecule has 41 heavy (non-hydrogen) atoms. The Labute approximate surface area is 244 Å². The summed E-state index contributed by atoms with van der Waals surface area (Å²) in [7, 11) is 0. The van der Waals surface area contributed by atoms with Crippen molar-refractivity contribution in [2.24, 2.45) is 11.8 Å². The third kappa shape index (κ3) is 3.77. The fourth-order valence-corrected chi connectivity index (χ4v) is 6.28. The van der Waals surface area contributed by atoms with Crippen LogP contribution in [-0.2, 0) is 14.3 Å². The molecule has 3 aliphatic rings. The number of anilines is 1. The van der Waals surface area contributed by atoms with Crippen molar-refractivity contribution < 1.29 is 28.7 Å². The minimum absolute atomic E-state index is 0.176. The standard InChI is InChI=1S/C32H19Cl2NO6/c33-18-7-5-17(6-8-18)27-25-26(32(41-27)28(36)23-3-1-2-4-24(23)29(32)37)31(39)35(30(25)38)20-11-15-22(16-12-20)40-21-13-9-19(34)10-14-21/h1-16,25-27H/t25-,26+,27-/m0/s1. The third-order valence-electron chi connectivity index (χ3n) is 7.86. The molecule has 4 aromatic rings. The van der Waals surface area contributed by atoms with Crippen LogP contribution in [0, 0.1) is 11.8 Å². The Hall–Kier alpha value is -4.30. The molecule has 0 aromatic heterocycles. The van der Waals surface area contributed by atoms with Crippen LogP contribution in [0.1, 0.15) is 32.4 Å². The lowest BCUT2D eigenvalue weighted by Gasteiger charge is -2.27. The molecule has 0 saturated carbocycles. The predicted octanol–water partition coefficient (Wildman–Crippen LogP) is 6.48. The molecule has 0 unspecified atom stereocenters. The highest BCUT2D eigenvalue weighted by Crippen LogP contribution is 2.57. The number of halogens is 2. The Morgan fingerprint density at radius 3 is 1.73 bits per heavy atom. The van der Waals surface area contributed by atoms with Crippen molar-refractivity contribution in [3.05, 3.63) is 124 Å². The maximum absolute atomic E-state index is 14.1. The number of hydrogen-bond acceptors (Lipinski definition) is 6. The zero-order chi connectivity index (χ0) is 28.5. The zero-order valence-electron chi connectivity index (χ0n) is 21.1. The van der Waals surface area contributed by atoms with Gasteiger partial charge in [-0.3, -0.25) is 19.2 Å². The van der Waals surface area contributed by atoms with Gasteiger partial charge >= 0.3 is 0 Å². The number of amides is 2. The maximum atomic E-state index is 14.1. The Morgan fingerprint density at radius 2 is 1.17 bits per heavy atom. The van der Waals surface area contributed by atoms with Gasteiger partial charge < -0.3 is 9.47 Å². The highest BCUT2D eigenvalue weighted by molar-refractivity contribution is 6.37. The highest BCUT2D eigenvalue weighted by Gasteiger charge is 2.74. The first kappa shape index (κ1) is 25.7. The molecular weight excluding hydrogens is 565 g/mol. The first-order chi connectivity index (χ1) is 19.8. The molecule has 0 bridgehead atoms. The van der Waals surface area contributed by atoms with E-state index in [0.29, 0.717) is 32.8 Å². The van der Waals surface area contributed by atoms with Gasteiger partial charge in [-0.1, -0.05) is 59.6 Å². The van der Waals surface area contributed by atoms with E-state index in [2.05, 4.69) is 0 Å². The van der Waals surface area contributed by atoms with Gasteiger partial charge in [-0.15, -0.1) is 0 Å². The van der Waals surface area contributed by atoms with Crippen molar-refractivity contribution >= 4 is 52.3 Å². The summed E-state index contributed by atoms with van der Waals surface area (Å²) in [5.41, 5.74) is -0.964. The molecule has 7 rings (SSSR count). The molecular formula is C32H19Cl2NO6. The van der Waals surface area contributed by atoms with Crippen LogP contribution in [0.5, 0.6) is 11.5 Å². The second kappa shape index (κ2) is 9.38. The molecule has 1 aliphatic carbocycles. The highest BCUT2D eigenvalue weighted by atomic mass is 35.5. The molecule has 2 aliphatic heterocycles. The van der Waals surface area contributed by atoms with E-state index in [1.807, 2.05) is 0 Å². The van der Waals surface area contributed by atoms with E-state index in [0.717, 1.165) is 4.90 Å². The van der Waals surface area contributed by atoms with Gasteiger partial charge in [0.05, 0.1) is 23.6 Å². The Bertz CT molecular complexity index is 1720. The van der Waals surface area contributed by atoms with Gasteiger partial charge in [0.25, 0.3) is 0 Å². The molecule has 0 radical (unpaired) electrons. The number of carbonyl (C=O) groups excluding carboxylic acids is 4. The summed E-state index contributed by atoms with van der Waals surface area (Å²) in [6.07, 6.45) is -1.02. The summed E-state index contributed by atoms with van der Waals surface area (Å²) in [5.74, 6) is -3.85. The minimum atomic E-state index is -2.14. The molecule has 9 heteroatoms. The van der Waals surface area contributed by atoms with Crippen LogP contribution in [0.2, 0.25) is 10.0 Å². The lowest BCUT2D eigenvalue weighted by atomic mass is 9.77. The van der Waals surface area contributed by atoms with Gasteiger partial charge in [0.15, 0.2) is 0 Å². The van der Waals surface area contributed by atoms with E-state index in [1.165, 1.54) is 12.1 Å². The van der Waals surface area contributed by atoms with Crippen molar-refractivity contribution in [2.45, 2.75) is 11.7 Å². The summed E-state index contributed by atoms with van der Waals surface area (Å²) in [4.78, 5) is 56.9. The average molecular weight is 584 g/mol. The van der Waals surface area contributed by atoms with Gasteiger partial charge in [-0.2, -0.15) is 0 Å². The van der Waals surface area contributed by atoms with E-state index < -0.39 is 46.9 Å². The van der Waals surface area contributed by atoms with E-state index in [1.54, 1.807) is 84.9 Å². The van der Waals surface area contributed by atoms with E-state index in [4.69, 9.17) is 32.7 Å². The normalized spacial score (nSPS) is 22.4. The predicted molar refractivity (Wildman–Crippen MR) is 151 cm³/mol. The molecule has 3 atom stereocenters. The average Bonchev–Trinajstić information content (AvgIpc) is 3.55. The van der Waals surface area contributed by atoms with Crippen molar-refractivity contribution in [1.29, 1.82) is 0 Å². The van der Waals surface area contributed by atoms with Crippen LogP contribution >= 0.6 is 23.2 Å². The number of hydrogen-bond donors (Lipinski definition) is 0. The van der Waals surface area contributed by atoms with Gasteiger partial charge in [0, 0.05) is 21.2 Å². The van der Waals surface area contributed by atoms with Gasteiger partial charge in [-0.25, -0.2) is 4.90 Å². The Balaban J connectivity index is 1.28. The lowest BCUT2D eigenvalue weighted by molar-refractivity contribution is -0.127. The molecule has 4 aromatic carbocycles. The third-order valence-corrected chi connectivity index (χ3v) is 8.37. The molecule has 0 N–H and O–H groups in total. The molecule has 2 heterocycles. The maximum Gasteiger partial charge on any atom is 0.241 e. The monoisotopic (exact) mass is 583 g/mol. The van der Waals surface area contributed by atoms with Gasteiger partial charge in [0.1, 0.15) is 11.5 Å². The number of ketones is 2. The summed E-state index contributed by atoms with van der Waals surface area (Å²) in [6, 6.07) is 26.2. The van der Waals surface area contributed by atoms with E-state index >= 15 is 0 Å². The van der Waals surface area contributed by atoms with Crippen molar-refractivity contribution in [3.8, 4) is 11.5 Å². The van der Waals surface area contributed by atoms with Crippen molar-refractivity contribution in [2.75, 3.05) is 4.90 Å². The summed E-state index contributed by atoms with van der Waals surface area (Å²) < 4.78 is 12.1. The van der Waals surface area contributed by atoms with Crippen LogP contribution < -0.4 is 9.64 Å². The molecule has 1 spiro atoms. The number of benzene rings is 4. The Kier molecular flexibility index (Phi) is 5.87. The fourth-order valence-electron chi connectivity index (χ4n) is 6.03. The number of carbonyl (C=O) groups is 4. The lowest BCUT2D eigenvalue weighted by Crippen LogP contribution is -2.51. The van der Waals surface area contributed by atoms with Crippen LogP contribution in [0.4, 0.5) is 5.69 Å². The largest absolute Gasteiger partial charge is 0.457 e. The summed E-state index contributed by atoms with van der Waals surface area (Å²) in [6.45, 7) is 0. The van der Waals surface area contributed by atoms with Crippen LogP contribution in [0.15, 0.2) is 97.1 Å². The van der Waals surface area contributed by atoms with Crippen molar-refractivity contribution in [1.82, 2.24) is 0 Å². The van der Waals surface area contributed by atoms with E-state index in [-0.39, 0.29) is 11.1 Å². The zero-order valence-corrected chi connectivity index (χ0v) is 22.6. The molecule has 2 saturated heterocycles. The first-order valence-electron chi connectivity index (χ1n) is 12.8. The fraction of sp³-hybridized carbons (Fsp3) is 0.125. The first-order valence-corrected chi connectivity index (χ1v) is 13.6. The number of Topliss-reactive ketones (excluding diaryl/α,β-unsaturated/α-hetero) is 2. The topological polar surface area (TPSA) is 90.0 Å². The quantitative estimate of drug-likeness (QED) is 0.202. The van der Waals surface area contributed by atoms with Crippen LogP contribution in [0.3, 0.4) is 0 Å². The van der Waals surface area contributed by atoms with Gasteiger partial charge in [0.2, 0.25) is 29.0 Å². The smallest absolute Gasteiger partial charge is 0.241 e. The SMILES string of the molecule is O=C1[C@@H]2[C@H](c3ccc(Cl)cc3)OC3(C(=O)c4ccccc4C3=O)[C@H]2C(=O)N1c1ccc(Oc2ccc(Cl)cc2)cc1. The summed E-state index contributed by atoms with van der Waals surface area (Å²) in [5, 5.41) is 1.04. The number of imide groups is 1. The second-order valence-corrected chi connectivity index (χ2v) is 11.0. The molecule has 2 amide bonds. The molecule has 202 valence electrons. The van der Waals surface area contributed by atoms with E-state index in [9.17, 15) is 19.2 Å². The molecule has 2 fully saturated rings. The second-order valence-electron chi connectivity index (χ2n) is 10.1. The van der Waals surface area contributed by atoms with Crippen LogP contribution in [0.25, 0.3) is 0 Å². The molecule has 7 nitrogen and oxygen atoms in total. The van der Waals surface area contributed by atoms with Crippen molar-refractivity contribution in [3.63, 3.8) is 0 Å². The Morgan fingerprint density at radius 1 is 0.659 bits per heavy atom. The number of nitrogens with zero attached hydrogens (tertiary/aromatic N) is 1. The summed E-state index contributed by atoms with van der Waals surface area (Å²) >= 11 is 12.0. The van der Waals surface area contributed by atoms with Gasteiger partial charge in [-0.05, 0) is 66.2 Å². The minimum Gasteiger partial charge on any atom is -0.457 e. The number of rotatable bonds is 4.